The number of carbonyl (C=O) groups excluding carboxylic acids is 2. The summed E-state index contributed by atoms with van der Waals surface area (Å²) in [5, 5.41) is 3.23. The summed E-state index contributed by atoms with van der Waals surface area (Å²) < 4.78 is 5.63. The van der Waals surface area contributed by atoms with Crippen molar-refractivity contribution >= 4 is 23.4 Å². The van der Waals surface area contributed by atoms with Gasteiger partial charge in [-0.1, -0.05) is 30.7 Å². The fourth-order valence-electron chi connectivity index (χ4n) is 2.40. The van der Waals surface area contributed by atoms with E-state index in [2.05, 4.69) is 5.32 Å². The number of amides is 2. The van der Waals surface area contributed by atoms with Gasteiger partial charge in [0.2, 0.25) is 5.91 Å². The summed E-state index contributed by atoms with van der Waals surface area (Å²) in [5.41, 5.74) is 0. The van der Waals surface area contributed by atoms with Crippen molar-refractivity contribution in [2.45, 2.75) is 32.4 Å². The van der Waals surface area contributed by atoms with E-state index in [0.717, 1.165) is 0 Å². The maximum absolute atomic E-state index is 12.5. The lowest BCUT2D eigenvalue weighted by Gasteiger charge is -2.36. The van der Waals surface area contributed by atoms with Crippen molar-refractivity contribution in [1.82, 2.24) is 10.2 Å². The van der Waals surface area contributed by atoms with Gasteiger partial charge in [0.25, 0.3) is 5.91 Å². The maximum Gasteiger partial charge on any atom is 0.264 e. The Morgan fingerprint density at radius 2 is 2.24 bits per heavy atom. The quantitative estimate of drug-likeness (QED) is 0.923. The smallest absolute Gasteiger partial charge is 0.264 e. The van der Waals surface area contributed by atoms with Crippen molar-refractivity contribution < 1.29 is 14.3 Å². The molecule has 21 heavy (non-hydrogen) atoms. The molecular formula is C15H19ClN2O3. The van der Waals surface area contributed by atoms with Crippen LogP contribution in [0.1, 0.15) is 20.3 Å². The monoisotopic (exact) mass is 310 g/mol. The molecule has 0 bridgehead atoms. The lowest BCUT2D eigenvalue weighted by molar-refractivity contribution is -0.148. The minimum atomic E-state index is -0.690. The Bertz CT molecular complexity index is 535. The molecule has 1 heterocycles. The second-order valence-corrected chi connectivity index (χ2v) is 5.34. The van der Waals surface area contributed by atoms with Gasteiger partial charge in [0.05, 0.1) is 5.02 Å². The van der Waals surface area contributed by atoms with Crippen LogP contribution in [0.15, 0.2) is 24.3 Å². The van der Waals surface area contributed by atoms with E-state index in [-0.39, 0.29) is 11.8 Å². The number of nitrogens with zero attached hydrogens (tertiary/aromatic N) is 1. The normalized spacial score (nSPS) is 19.9. The first-order valence-corrected chi connectivity index (χ1v) is 7.41. The van der Waals surface area contributed by atoms with E-state index < -0.39 is 12.1 Å². The first kappa shape index (κ1) is 15.6. The van der Waals surface area contributed by atoms with Gasteiger partial charge in [-0.2, -0.15) is 0 Å². The summed E-state index contributed by atoms with van der Waals surface area (Å²) in [4.78, 5) is 25.9. The highest BCUT2D eigenvalue weighted by molar-refractivity contribution is 6.32. The van der Waals surface area contributed by atoms with Crippen LogP contribution in [-0.2, 0) is 9.59 Å². The first-order chi connectivity index (χ1) is 10.0. The van der Waals surface area contributed by atoms with Crippen LogP contribution >= 0.6 is 11.6 Å². The predicted molar refractivity (Wildman–Crippen MR) is 80.3 cm³/mol. The molecule has 0 radical (unpaired) electrons. The van der Waals surface area contributed by atoms with E-state index in [9.17, 15) is 9.59 Å². The van der Waals surface area contributed by atoms with Gasteiger partial charge in [0, 0.05) is 13.1 Å². The maximum atomic E-state index is 12.5. The van der Waals surface area contributed by atoms with Crippen LogP contribution in [0.25, 0.3) is 0 Å². The molecule has 0 aromatic heterocycles. The SMILES string of the molecule is CCC1C(=O)NCCN1C(=O)C(C)Oc1ccccc1Cl. The fraction of sp³-hybridized carbons (Fsp3) is 0.467. The van der Waals surface area contributed by atoms with Gasteiger partial charge < -0.3 is 15.0 Å². The van der Waals surface area contributed by atoms with E-state index >= 15 is 0 Å². The van der Waals surface area contributed by atoms with Crippen molar-refractivity contribution in [3.63, 3.8) is 0 Å². The summed E-state index contributed by atoms with van der Waals surface area (Å²) in [7, 11) is 0. The highest BCUT2D eigenvalue weighted by Gasteiger charge is 2.34. The van der Waals surface area contributed by atoms with Crippen LogP contribution in [0.5, 0.6) is 5.75 Å². The second kappa shape index (κ2) is 6.80. The molecule has 1 aliphatic rings. The number of piperazine rings is 1. The average molecular weight is 311 g/mol. The standard InChI is InChI=1S/C15H19ClN2O3/c1-3-12-14(19)17-8-9-18(12)15(20)10(2)21-13-7-5-4-6-11(13)16/h4-7,10,12H,3,8-9H2,1-2H3,(H,17,19). The summed E-state index contributed by atoms with van der Waals surface area (Å²) >= 11 is 6.02. The fourth-order valence-corrected chi connectivity index (χ4v) is 2.58. The van der Waals surface area contributed by atoms with Crippen LogP contribution in [0.3, 0.4) is 0 Å². The number of benzene rings is 1. The number of nitrogens with one attached hydrogen (secondary N) is 1. The molecule has 0 spiro atoms. The molecule has 5 nitrogen and oxygen atoms in total. The van der Waals surface area contributed by atoms with Crippen LogP contribution in [0.4, 0.5) is 0 Å². The van der Waals surface area contributed by atoms with E-state index in [1.807, 2.05) is 6.92 Å². The molecule has 1 fully saturated rings. The largest absolute Gasteiger partial charge is 0.479 e. The minimum Gasteiger partial charge on any atom is -0.479 e. The molecule has 1 saturated heterocycles. The average Bonchev–Trinajstić information content (AvgIpc) is 2.48. The van der Waals surface area contributed by atoms with Crippen molar-refractivity contribution in [2.75, 3.05) is 13.1 Å². The Morgan fingerprint density at radius 3 is 2.90 bits per heavy atom. The summed E-state index contributed by atoms with van der Waals surface area (Å²) in [6.07, 6.45) is -0.110. The summed E-state index contributed by atoms with van der Waals surface area (Å²) in [5.74, 6) is 0.160. The zero-order valence-electron chi connectivity index (χ0n) is 12.1. The van der Waals surface area contributed by atoms with Crippen LogP contribution in [0.2, 0.25) is 5.02 Å². The minimum absolute atomic E-state index is 0.109. The molecule has 1 aromatic rings. The van der Waals surface area contributed by atoms with Gasteiger partial charge in [-0.25, -0.2) is 0 Å². The molecule has 1 N–H and O–H groups in total. The Kier molecular flexibility index (Phi) is 5.07. The van der Waals surface area contributed by atoms with Gasteiger partial charge in [-0.15, -0.1) is 0 Å². The third-order valence-corrected chi connectivity index (χ3v) is 3.80. The molecule has 1 aromatic carbocycles. The number of hydrogen-bond donors (Lipinski definition) is 1. The number of rotatable bonds is 4. The molecule has 1 aliphatic heterocycles. The molecule has 2 atom stereocenters. The van der Waals surface area contributed by atoms with E-state index in [4.69, 9.17) is 16.3 Å². The summed E-state index contributed by atoms with van der Waals surface area (Å²) in [6, 6.07) is 6.58. The van der Waals surface area contributed by atoms with Crippen molar-refractivity contribution in [2.24, 2.45) is 0 Å². The molecular weight excluding hydrogens is 292 g/mol. The number of ether oxygens (including phenoxy) is 1. The predicted octanol–water partition coefficient (Wildman–Crippen LogP) is 1.84. The summed E-state index contributed by atoms with van der Waals surface area (Å²) in [6.45, 7) is 4.53. The first-order valence-electron chi connectivity index (χ1n) is 7.04. The Hall–Kier alpha value is -1.75. The number of para-hydroxylation sites is 1. The number of carbonyl (C=O) groups is 2. The number of halogens is 1. The molecule has 0 aliphatic carbocycles. The van der Waals surface area contributed by atoms with Gasteiger partial charge in [0.1, 0.15) is 11.8 Å². The van der Waals surface area contributed by atoms with Crippen molar-refractivity contribution in [3.05, 3.63) is 29.3 Å². The Labute approximate surface area is 129 Å². The van der Waals surface area contributed by atoms with Gasteiger partial charge in [0.15, 0.2) is 6.10 Å². The Balaban J connectivity index is 2.08. The lowest BCUT2D eigenvalue weighted by atomic mass is 10.1. The van der Waals surface area contributed by atoms with Gasteiger partial charge >= 0.3 is 0 Å². The topological polar surface area (TPSA) is 58.6 Å². The molecule has 114 valence electrons. The van der Waals surface area contributed by atoms with Gasteiger partial charge in [-0.3, -0.25) is 9.59 Å². The zero-order chi connectivity index (χ0) is 15.4. The van der Waals surface area contributed by atoms with Crippen molar-refractivity contribution in [3.8, 4) is 5.75 Å². The van der Waals surface area contributed by atoms with Gasteiger partial charge in [-0.05, 0) is 25.5 Å². The third kappa shape index (κ3) is 3.47. The third-order valence-electron chi connectivity index (χ3n) is 3.49. The molecule has 2 amide bonds. The number of hydrogen-bond acceptors (Lipinski definition) is 3. The van der Waals surface area contributed by atoms with Crippen LogP contribution in [0, 0.1) is 0 Å². The zero-order valence-corrected chi connectivity index (χ0v) is 12.9. The van der Waals surface area contributed by atoms with E-state index in [1.165, 1.54) is 0 Å². The highest BCUT2D eigenvalue weighted by Crippen LogP contribution is 2.25. The lowest BCUT2D eigenvalue weighted by Crippen LogP contribution is -2.59. The second-order valence-electron chi connectivity index (χ2n) is 4.94. The molecule has 2 rings (SSSR count). The van der Waals surface area contributed by atoms with Crippen molar-refractivity contribution in [1.29, 1.82) is 0 Å². The molecule has 2 unspecified atom stereocenters. The Morgan fingerprint density at radius 1 is 1.52 bits per heavy atom. The molecule has 6 heteroatoms. The van der Waals surface area contributed by atoms with E-state index in [1.54, 1.807) is 36.1 Å². The highest BCUT2D eigenvalue weighted by atomic mass is 35.5. The van der Waals surface area contributed by atoms with E-state index in [0.29, 0.717) is 30.3 Å². The molecule has 0 saturated carbocycles. The van der Waals surface area contributed by atoms with Crippen LogP contribution in [-0.4, -0.2) is 41.9 Å². The van der Waals surface area contributed by atoms with Crippen LogP contribution < -0.4 is 10.1 Å².